The molecule has 0 aromatic heterocycles. The van der Waals surface area contributed by atoms with Gasteiger partial charge < -0.3 is 4.74 Å². The molecule has 4 rings (SSSR count). The van der Waals surface area contributed by atoms with Crippen LogP contribution in [0.15, 0.2) is 60.7 Å². The van der Waals surface area contributed by atoms with Crippen LogP contribution in [0.25, 0.3) is 0 Å². The molecule has 1 aliphatic carbocycles. The highest BCUT2D eigenvalue weighted by molar-refractivity contribution is 6.32. The van der Waals surface area contributed by atoms with Crippen molar-refractivity contribution >= 4 is 34.9 Å². The predicted molar refractivity (Wildman–Crippen MR) is 106 cm³/mol. The van der Waals surface area contributed by atoms with Gasteiger partial charge in [0.25, 0.3) is 5.69 Å². The van der Waals surface area contributed by atoms with Crippen LogP contribution in [-0.4, -0.2) is 10.9 Å². The molecule has 0 unspecified atom stereocenters. The molecule has 1 aliphatic rings. The van der Waals surface area contributed by atoms with Crippen LogP contribution >= 0.6 is 23.2 Å². The average molecular weight is 414 g/mol. The Morgan fingerprint density at radius 2 is 1.46 bits per heavy atom. The minimum Gasteiger partial charge on any atom is -0.449 e. The lowest BCUT2D eigenvalue weighted by molar-refractivity contribution is -0.384. The van der Waals surface area contributed by atoms with Crippen molar-refractivity contribution < 1.29 is 14.5 Å². The topological polar surface area (TPSA) is 69.4 Å². The molecule has 7 heteroatoms. The molecule has 3 aromatic rings. The third-order valence-electron chi connectivity index (χ3n) is 4.73. The summed E-state index contributed by atoms with van der Waals surface area (Å²) in [5, 5.41) is 11.8. The van der Waals surface area contributed by atoms with Crippen molar-refractivity contribution in [2.24, 2.45) is 0 Å². The SMILES string of the molecule is O=C(OC1c2c(Cl)cccc2Cc2cccc(Cl)c21)c1ccc([N+](=O)[O-])cc1. The molecule has 0 fully saturated rings. The summed E-state index contributed by atoms with van der Waals surface area (Å²) in [6, 6.07) is 16.3. The van der Waals surface area contributed by atoms with Gasteiger partial charge in [-0.1, -0.05) is 47.5 Å². The maximum absolute atomic E-state index is 12.8. The molecular weight excluding hydrogens is 401 g/mol. The van der Waals surface area contributed by atoms with E-state index in [1.807, 2.05) is 24.3 Å². The zero-order valence-corrected chi connectivity index (χ0v) is 15.9. The van der Waals surface area contributed by atoms with E-state index < -0.39 is 17.0 Å². The van der Waals surface area contributed by atoms with Gasteiger partial charge in [0.2, 0.25) is 0 Å². The molecule has 5 nitrogen and oxygen atoms in total. The van der Waals surface area contributed by atoms with Gasteiger partial charge in [0, 0.05) is 33.3 Å². The fourth-order valence-corrected chi connectivity index (χ4v) is 4.01. The average Bonchev–Trinajstić information content (AvgIpc) is 2.68. The Labute approximate surface area is 170 Å². The van der Waals surface area contributed by atoms with Crippen LogP contribution in [0.3, 0.4) is 0 Å². The fraction of sp³-hybridized carbons (Fsp3) is 0.0952. The highest BCUT2D eigenvalue weighted by atomic mass is 35.5. The Bertz CT molecular complexity index is 1040. The van der Waals surface area contributed by atoms with Crippen LogP contribution in [0.4, 0.5) is 5.69 Å². The second kappa shape index (κ2) is 7.26. The van der Waals surface area contributed by atoms with Crippen molar-refractivity contribution in [3.63, 3.8) is 0 Å². The highest BCUT2D eigenvalue weighted by Gasteiger charge is 2.32. The molecule has 0 amide bonds. The summed E-state index contributed by atoms with van der Waals surface area (Å²) >= 11 is 12.9. The minimum atomic E-state index is -0.760. The molecule has 0 N–H and O–H groups in total. The first-order chi connectivity index (χ1) is 13.5. The van der Waals surface area contributed by atoms with Crippen LogP contribution in [0.1, 0.15) is 38.7 Å². The lowest BCUT2D eigenvalue weighted by atomic mass is 9.83. The maximum Gasteiger partial charge on any atom is 0.339 e. The van der Waals surface area contributed by atoms with Gasteiger partial charge in [-0.05, 0) is 41.8 Å². The number of halogens is 2. The number of carbonyl (C=O) groups is 1. The van der Waals surface area contributed by atoms with E-state index in [2.05, 4.69) is 0 Å². The number of nitro groups is 1. The van der Waals surface area contributed by atoms with E-state index in [4.69, 9.17) is 27.9 Å². The molecule has 0 radical (unpaired) electrons. The first-order valence-corrected chi connectivity index (χ1v) is 9.21. The number of ether oxygens (including phenoxy) is 1. The van der Waals surface area contributed by atoms with Gasteiger partial charge >= 0.3 is 5.97 Å². The summed E-state index contributed by atoms with van der Waals surface area (Å²) in [5.41, 5.74) is 3.45. The van der Waals surface area contributed by atoms with Crippen molar-refractivity contribution in [2.75, 3.05) is 0 Å². The van der Waals surface area contributed by atoms with E-state index in [1.54, 1.807) is 12.1 Å². The van der Waals surface area contributed by atoms with Crippen molar-refractivity contribution in [3.8, 4) is 0 Å². The number of carbonyl (C=O) groups excluding carboxylic acids is 1. The largest absolute Gasteiger partial charge is 0.449 e. The number of non-ortho nitro benzene ring substituents is 1. The maximum atomic E-state index is 12.8. The summed E-state index contributed by atoms with van der Waals surface area (Å²) in [5.74, 6) is -0.612. The number of esters is 1. The number of nitrogens with zero attached hydrogens (tertiary/aromatic N) is 1. The van der Waals surface area contributed by atoms with Gasteiger partial charge in [-0.15, -0.1) is 0 Å². The first kappa shape index (κ1) is 18.5. The quantitative estimate of drug-likeness (QED) is 0.311. The number of rotatable bonds is 3. The molecule has 3 aromatic carbocycles. The molecular formula is C21H13Cl2NO4. The van der Waals surface area contributed by atoms with E-state index in [0.29, 0.717) is 27.6 Å². The van der Waals surface area contributed by atoms with Crippen LogP contribution in [0.5, 0.6) is 0 Å². The van der Waals surface area contributed by atoms with Crippen LogP contribution < -0.4 is 0 Å². The van der Waals surface area contributed by atoms with E-state index in [-0.39, 0.29) is 11.3 Å². The van der Waals surface area contributed by atoms with Gasteiger partial charge in [0.1, 0.15) is 0 Å². The molecule has 0 bridgehead atoms. The van der Waals surface area contributed by atoms with Crippen LogP contribution in [0.2, 0.25) is 10.0 Å². The summed E-state index contributed by atoms with van der Waals surface area (Å²) in [6.45, 7) is 0. The third-order valence-corrected chi connectivity index (χ3v) is 5.39. The van der Waals surface area contributed by atoms with Gasteiger partial charge in [-0.25, -0.2) is 4.79 Å². The van der Waals surface area contributed by atoms with Crippen molar-refractivity contribution in [3.05, 3.63) is 109 Å². The Morgan fingerprint density at radius 1 is 0.929 bits per heavy atom. The van der Waals surface area contributed by atoms with Gasteiger partial charge in [-0.3, -0.25) is 10.1 Å². The molecule has 0 aliphatic heterocycles. The zero-order valence-electron chi connectivity index (χ0n) is 14.4. The number of nitro benzene ring substituents is 1. The van der Waals surface area contributed by atoms with Crippen molar-refractivity contribution in [2.45, 2.75) is 12.5 Å². The van der Waals surface area contributed by atoms with Gasteiger partial charge in [0.15, 0.2) is 6.10 Å². The normalized spacial score (nSPS) is 12.8. The second-order valence-corrected chi connectivity index (χ2v) is 7.21. The summed E-state index contributed by atoms with van der Waals surface area (Å²) in [6.07, 6.45) is -0.124. The third kappa shape index (κ3) is 3.23. The number of hydrogen-bond donors (Lipinski definition) is 0. The second-order valence-electron chi connectivity index (χ2n) is 6.39. The molecule has 0 spiro atoms. The predicted octanol–water partition coefficient (Wildman–Crippen LogP) is 5.75. The van der Waals surface area contributed by atoms with Crippen molar-refractivity contribution in [1.29, 1.82) is 0 Å². The molecule has 0 saturated heterocycles. The summed E-state index contributed by atoms with van der Waals surface area (Å²) in [4.78, 5) is 23.0. The van der Waals surface area contributed by atoms with Crippen molar-refractivity contribution in [1.82, 2.24) is 0 Å². The van der Waals surface area contributed by atoms with E-state index in [9.17, 15) is 14.9 Å². The first-order valence-electron chi connectivity index (χ1n) is 8.45. The lowest BCUT2D eigenvalue weighted by Gasteiger charge is -2.29. The Morgan fingerprint density at radius 3 is 1.96 bits per heavy atom. The summed E-state index contributed by atoms with van der Waals surface area (Å²) < 4.78 is 5.81. The van der Waals surface area contributed by atoms with Crippen LogP contribution in [0, 0.1) is 10.1 Å². The molecule has 28 heavy (non-hydrogen) atoms. The fourth-order valence-electron chi connectivity index (χ4n) is 3.42. The molecule has 0 atom stereocenters. The van der Waals surface area contributed by atoms with E-state index in [0.717, 1.165) is 11.1 Å². The van der Waals surface area contributed by atoms with Gasteiger partial charge in [-0.2, -0.15) is 0 Å². The lowest BCUT2D eigenvalue weighted by Crippen LogP contribution is -2.20. The standard InChI is InChI=1S/C21H13Cl2NO4/c22-16-5-1-3-13-11-14-4-2-6-17(23)19(14)20(18(13)16)28-21(25)12-7-9-15(10-8-12)24(26)27/h1-10,20H,11H2. The van der Waals surface area contributed by atoms with E-state index in [1.165, 1.54) is 24.3 Å². The Balaban J connectivity index is 1.75. The molecule has 140 valence electrons. The van der Waals surface area contributed by atoms with E-state index >= 15 is 0 Å². The monoisotopic (exact) mass is 413 g/mol. The zero-order chi connectivity index (χ0) is 19.8. The smallest absolute Gasteiger partial charge is 0.339 e. The van der Waals surface area contributed by atoms with Gasteiger partial charge in [0.05, 0.1) is 10.5 Å². The Hall–Kier alpha value is -2.89. The molecule has 0 heterocycles. The highest BCUT2D eigenvalue weighted by Crippen LogP contribution is 2.44. The Kier molecular flexibility index (Phi) is 4.79. The number of fused-ring (bicyclic) bond motifs is 2. The number of hydrogen-bond acceptors (Lipinski definition) is 4. The minimum absolute atomic E-state index is 0.101. The number of benzene rings is 3. The van der Waals surface area contributed by atoms with Crippen LogP contribution in [-0.2, 0) is 11.2 Å². The molecule has 0 saturated carbocycles. The summed E-state index contributed by atoms with van der Waals surface area (Å²) in [7, 11) is 0.